The van der Waals surface area contributed by atoms with Gasteiger partial charge in [-0.25, -0.2) is 0 Å². The largest absolute Gasteiger partial charge is 0.479 e. The number of nitriles is 1. The van der Waals surface area contributed by atoms with Crippen LogP contribution in [0.1, 0.15) is 0 Å². The van der Waals surface area contributed by atoms with Gasteiger partial charge >= 0.3 is 0 Å². The minimum atomic E-state index is 0.0598. The Balaban J connectivity index is 3.14. The maximum atomic E-state index is 8.33. The highest BCUT2D eigenvalue weighted by Crippen LogP contribution is 2.48. The number of hydrogen-bond donors (Lipinski definition) is 0. The molecule has 0 N–H and O–H groups in total. The molecule has 0 saturated carbocycles. The standard InChI is InChI=1S/C8H2Cl5NOS/c9-3-4(10)6(12)8(7(13)5(3)11)15-2-16-1-14/h2H2. The zero-order valence-electron chi connectivity index (χ0n) is 7.36. The fourth-order valence-electron chi connectivity index (χ4n) is 0.826. The molecule has 0 atom stereocenters. The Bertz CT molecular complexity index is 430. The molecule has 0 heterocycles. The van der Waals surface area contributed by atoms with Crippen molar-refractivity contribution in [3.8, 4) is 11.2 Å². The van der Waals surface area contributed by atoms with Crippen LogP contribution in [0.15, 0.2) is 0 Å². The van der Waals surface area contributed by atoms with E-state index in [4.69, 9.17) is 68.0 Å². The van der Waals surface area contributed by atoms with Gasteiger partial charge in [0, 0.05) is 0 Å². The molecule has 0 aliphatic carbocycles. The van der Waals surface area contributed by atoms with Gasteiger partial charge in [0.1, 0.15) is 21.4 Å². The number of ether oxygens (including phenoxy) is 1. The number of benzene rings is 1. The van der Waals surface area contributed by atoms with E-state index in [-0.39, 0.29) is 36.8 Å². The summed E-state index contributed by atoms with van der Waals surface area (Å²) >= 11 is 30.0. The van der Waals surface area contributed by atoms with Crippen molar-refractivity contribution in [1.82, 2.24) is 0 Å². The molecular weight excluding hydrogens is 335 g/mol. The summed E-state index contributed by atoms with van der Waals surface area (Å²) in [4.78, 5) is 0. The van der Waals surface area contributed by atoms with E-state index in [0.29, 0.717) is 0 Å². The Kier molecular flexibility index (Phi) is 5.66. The number of nitrogens with zero attached hydrogens (tertiary/aromatic N) is 1. The molecule has 2 nitrogen and oxygen atoms in total. The lowest BCUT2D eigenvalue weighted by Crippen LogP contribution is -1.95. The minimum Gasteiger partial charge on any atom is -0.479 e. The van der Waals surface area contributed by atoms with Gasteiger partial charge in [-0.15, -0.1) is 0 Å². The monoisotopic (exact) mass is 335 g/mol. The van der Waals surface area contributed by atoms with E-state index in [0.717, 1.165) is 11.8 Å². The first-order valence-corrected chi connectivity index (χ1v) is 6.53. The highest BCUT2D eigenvalue weighted by molar-refractivity contribution is 8.03. The van der Waals surface area contributed by atoms with Crippen LogP contribution < -0.4 is 4.74 Å². The summed E-state index contributed by atoms with van der Waals surface area (Å²) in [6.45, 7) is 0. The minimum absolute atomic E-state index is 0.0598. The fourth-order valence-corrected chi connectivity index (χ4v) is 2.29. The third kappa shape index (κ3) is 2.95. The average Bonchev–Trinajstić information content (AvgIpc) is 2.28. The molecule has 0 saturated heterocycles. The predicted octanol–water partition coefficient (Wildman–Crippen LogP) is 5.50. The molecule has 0 amide bonds. The van der Waals surface area contributed by atoms with Crippen molar-refractivity contribution in [2.24, 2.45) is 0 Å². The number of thioether (sulfide) groups is 1. The molecule has 0 unspecified atom stereocenters. The van der Waals surface area contributed by atoms with Crippen molar-refractivity contribution in [2.45, 2.75) is 0 Å². The van der Waals surface area contributed by atoms with E-state index in [1.165, 1.54) is 0 Å². The van der Waals surface area contributed by atoms with Crippen LogP contribution in [0.3, 0.4) is 0 Å². The molecule has 0 spiro atoms. The summed E-state index contributed by atoms with van der Waals surface area (Å²) in [5, 5.41) is 10.5. The quantitative estimate of drug-likeness (QED) is 0.240. The van der Waals surface area contributed by atoms with Crippen molar-refractivity contribution < 1.29 is 4.74 Å². The molecule has 0 aliphatic heterocycles. The van der Waals surface area contributed by atoms with Crippen molar-refractivity contribution in [3.05, 3.63) is 25.1 Å². The zero-order chi connectivity index (χ0) is 12.3. The van der Waals surface area contributed by atoms with Crippen LogP contribution in [0.2, 0.25) is 25.1 Å². The van der Waals surface area contributed by atoms with E-state index in [9.17, 15) is 0 Å². The van der Waals surface area contributed by atoms with Gasteiger partial charge < -0.3 is 4.74 Å². The molecular formula is C8H2Cl5NOS. The summed E-state index contributed by atoms with van der Waals surface area (Å²) in [5.41, 5.74) is 0. The highest BCUT2D eigenvalue weighted by Gasteiger charge is 2.20. The van der Waals surface area contributed by atoms with E-state index in [1.54, 1.807) is 0 Å². The Labute approximate surface area is 121 Å². The Morgan fingerprint density at radius 1 is 0.938 bits per heavy atom. The summed E-state index contributed by atoms with van der Waals surface area (Å²) in [6.07, 6.45) is 0. The maximum absolute atomic E-state index is 8.33. The molecule has 1 rings (SSSR count). The molecule has 0 aromatic heterocycles. The lowest BCUT2D eigenvalue weighted by atomic mass is 10.3. The smallest absolute Gasteiger partial charge is 0.160 e. The van der Waals surface area contributed by atoms with E-state index < -0.39 is 0 Å². The van der Waals surface area contributed by atoms with Crippen LogP contribution in [-0.4, -0.2) is 5.94 Å². The summed E-state index contributed by atoms with van der Waals surface area (Å²) in [6, 6.07) is 0. The molecule has 0 radical (unpaired) electrons. The summed E-state index contributed by atoms with van der Waals surface area (Å²) in [5.74, 6) is 0.176. The molecule has 86 valence electrons. The van der Waals surface area contributed by atoms with Gasteiger partial charge in [0.05, 0.1) is 15.1 Å². The van der Waals surface area contributed by atoms with Gasteiger partial charge in [-0.2, -0.15) is 5.26 Å². The first kappa shape index (κ1) is 14.4. The van der Waals surface area contributed by atoms with Crippen LogP contribution in [-0.2, 0) is 0 Å². The number of halogens is 5. The van der Waals surface area contributed by atoms with Gasteiger partial charge in [-0.1, -0.05) is 58.0 Å². The van der Waals surface area contributed by atoms with Crippen molar-refractivity contribution >= 4 is 69.8 Å². The lowest BCUT2D eigenvalue weighted by Gasteiger charge is -2.12. The summed E-state index contributed by atoms with van der Waals surface area (Å²) in [7, 11) is 0. The zero-order valence-corrected chi connectivity index (χ0v) is 12.0. The molecule has 16 heavy (non-hydrogen) atoms. The molecule has 0 fully saturated rings. The lowest BCUT2D eigenvalue weighted by molar-refractivity contribution is 0.394. The highest BCUT2D eigenvalue weighted by atomic mass is 35.5. The second kappa shape index (κ2) is 6.30. The van der Waals surface area contributed by atoms with Crippen molar-refractivity contribution in [1.29, 1.82) is 5.26 Å². The van der Waals surface area contributed by atoms with Gasteiger partial charge in [-0.3, -0.25) is 0 Å². The van der Waals surface area contributed by atoms with Crippen molar-refractivity contribution in [3.63, 3.8) is 0 Å². The maximum Gasteiger partial charge on any atom is 0.160 e. The van der Waals surface area contributed by atoms with Crippen LogP contribution in [0, 0.1) is 10.7 Å². The number of thiocyanates is 1. The molecule has 1 aromatic rings. The van der Waals surface area contributed by atoms with Crippen LogP contribution in [0.5, 0.6) is 5.75 Å². The van der Waals surface area contributed by atoms with Gasteiger partial charge in [0.15, 0.2) is 5.75 Å². The van der Waals surface area contributed by atoms with Gasteiger partial charge in [0.25, 0.3) is 0 Å². The van der Waals surface area contributed by atoms with E-state index >= 15 is 0 Å². The van der Waals surface area contributed by atoms with Crippen LogP contribution in [0.25, 0.3) is 0 Å². The Hall–Kier alpha value is 0.310. The van der Waals surface area contributed by atoms with Gasteiger partial charge in [0.2, 0.25) is 0 Å². The number of hydrogen-bond acceptors (Lipinski definition) is 3. The first-order valence-electron chi connectivity index (χ1n) is 3.65. The van der Waals surface area contributed by atoms with Crippen molar-refractivity contribution in [2.75, 3.05) is 5.94 Å². The third-order valence-electron chi connectivity index (χ3n) is 1.50. The molecule has 8 heteroatoms. The van der Waals surface area contributed by atoms with E-state index in [1.807, 2.05) is 5.40 Å². The topological polar surface area (TPSA) is 33.0 Å². The second-order valence-electron chi connectivity index (χ2n) is 2.40. The molecule has 1 aromatic carbocycles. The van der Waals surface area contributed by atoms with Crippen LogP contribution in [0.4, 0.5) is 0 Å². The average molecular weight is 337 g/mol. The Morgan fingerprint density at radius 2 is 1.38 bits per heavy atom. The van der Waals surface area contributed by atoms with E-state index in [2.05, 4.69) is 0 Å². The SMILES string of the molecule is N#CSCOc1c(Cl)c(Cl)c(Cl)c(Cl)c1Cl. The normalized spacial score (nSPS) is 10.0. The molecule has 0 aliphatic rings. The van der Waals surface area contributed by atoms with Crippen LogP contribution >= 0.6 is 69.8 Å². The second-order valence-corrected chi connectivity index (χ2v) is 4.99. The molecule has 0 bridgehead atoms. The number of rotatable bonds is 3. The summed E-state index contributed by atoms with van der Waals surface area (Å²) < 4.78 is 5.17. The third-order valence-corrected chi connectivity index (χ3v) is 4.10. The first-order chi connectivity index (χ1) is 7.50. The Morgan fingerprint density at radius 3 is 1.81 bits per heavy atom. The van der Waals surface area contributed by atoms with Gasteiger partial charge in [-0.05, 0) is 11.8 Å². The fraction of sp³-hybridized carbons (Fsp3) is 0.125. The predicted molar refractivity (Wildman–Crippen MR) is 70.2 cm³/mol.